The molecule has 1 N–H and O–H groups in total. The molecule has 2 rings (SSSR count). The number of rotatable bonds is 4. The van der Waals surface area contributed by atoms with E-state index in [-0.39, 0.29) is 0 Å². The van der Waals surface area contributed by atoms with Gasteiger partial charge in [-0.3, -0.25) is 0 Å². The Bertz CT molecular complexity index is 517. The number of aryl methyl sites for hydroxylation is 1. The van der Waals surface area contributed by atoms with Crippen molar-refractivity contribution < 1.29 is 0 Å². The fraction of sp³-hybridized carbons (Fsp3) is 0.462. The van der Waals surface area contributed by atoms with Gasteiger partial charge in [0.2, 0.25) is 0 Å². The van der Waals surface area contributed by atoms with Crippen molar-refractivity contribution in [3.05, 3.63) is 29.0 Å². The highest BCUT2D eigenvalue weighted by atomic mass is 35.5. The van der Waals surface area contributed by atoms with Crippen molar-refractivity contribution in [3.63, 3.8) is 0 Å². The Kier molecular flexibility index (Phi) is 3.69. The molecule has 0 radical (unpaired) electrons. The maximum absolute atomic E-state index is 5.96. The fourth-order valence-corrected chi connectivity index (χ4v) is 2.09. The third-order valence-corrected chi connectivity index (χ3v) is 3.07. The third-order valence-electron chi connectivity index (χ3n) is 2.84. The fourth-order valence-electron chi connectivity index (χ4n) is 1.92. The lowest BCUT2D eigenvalue weighted by molar-refractivity contribution is 0.578. The van der Waals surface area contributed by atoms with Crippen LogP contribution < -0.4 is 5.32 Å². The second kappa shape index (κ2) is 5.07. The molecule has 0 aliphatic carbocycles. The molecule has 1 aromatic carbocycles. The summed E-state index contributed by atoms with van der Waals surface area (Å²) in [5.74, 6) is 1.09. The van der Waals surface area contributed by atoms with E-state index < -0.39 is 0 Å². The van der Waals surface area contributed by atoms with Gasteiger partial charge in [-0.1, -0.05) is 25.4 Å². The molecule has 4 heteroatoms. The Morgan fingerprint density at radius 1 is 1.41 bits per heavy atom. The number of fused-ring (bicyclic) bond motifs is 1. The number of halogens is 1. The highest BCUT2D eigenvalue weighted by Gasteiger charge is 2.07. The number of benzene rings is 1. The SMILES string of the molecule is CC(C)NCCc1nc2cc(Cl)ccc2n1C. The molecule has 0 atom stereocenters. The molecule has 0 amide bonds. The first-order chi connectivity index (χ1) is 8.08. The van der Waals surface area contributed by atoms with Crippen LogP contribution in [0.15, 0.2) is 18.2 Å². The van der Waals surface area contributed by atoms with E-state index in [1.165, 1.54) is 0 Å². The number of nitrogens with one attached hydrogen (secondary N) is 1. The molecule has 0 spiro atoms. The zero-order chi connectivity index (χ0) is 12.4. The van der Waals surface area contributed by atoms with Gasteiger partial charge in [0.15, 0.2) is 0 Å². The van der Waals surface area contributed by atoms with E-state index in [0.717, 1.165) is 34.8 Å². The van der Waals surface area contributed by atoms with Gasteiger partial charge in [0, 0.05) is 31.1 Å². The Morgan fingerprint density at radius 2 is 2.18 bits per heavy atom. The van der Waals surface area contributed by atoms with Crippen molar-refractivity contribution >= 4 is 22.6 Å². The largest absolute Gasteiger partial charge is 0.331 e. The van der Waals surface area contributed by atoms with Crippen LogP contribution in [0.1, 0.15) is 19.7 Å². The summed E-state index contributed by atoms with van der Waals surface area (Å²) in [6.45, 7) is 5.24. The van der Waals surface area contributed by atoms with Gasteiger partial charge in [0.1, 0.15) is 5.82 Å². The minimum absolute atomic E-state index is 0.513. The summed E-state index contributed by atoms with van der Waals surface area (Å²) in [7, 11) is 2.05. The lowest BCUT2D eigenvalue weighted by Crippen LogP contribution is -2.25. The maximum Gasteiger partial charge on any atom is 0.110 e. The van der Waals surface area contributed by atoms with E-state index in [4.69, 9.17) is 11.6 Å². The normalized spacial score (nSPS) is 11.6. The molecule has 1 aromatic heterocycles. The number of imidazole rings is 1. The lowest BCUT2D eigenvalue weighted by atomic mass is 10.3. The Morgan fingerprint density at radius 3 is 2.88 bits per heavy atom. The van der Waals surface area contributed by atoms with Crippen LogP contribution in [0.4, 0.5) is 0 Å². The Labute approximate surface area is 107 Å². The van der Waals surface area contributed by atoms with Gasteiger partial charge in [-0.2, -0.15) is 0 Å². The summed E-state index contributed by atoms with van der Waals surface area (Å²) in [6.07, 6.45) is 0.932. The quantitative estimate of drug-likeness (QED) is 0.906. The summed E-state index contributed by atoms with van der Waals surface area (Å²) < 4.78 is 2.13. The zero-order valence-electron chi connectivity index (χ0n) is 10.5. The zero-order valence-corrected chi connectivity index (χ0v) is 11.3. The van der Waals surface area contributed by atoms with Gasteiger partial charge in [-0.25, -0.2) is 4.98 Å². The molecule has 92 valence electrons. The van der Waals surface area contributed by atoms with E-state index in [9.17, 15) is 0 Å². The summed E-state index contributed by atoms with van der Waals surface area (Å²) >= 11 is 5.96. The van der Waals surface area contributed by atoms with Gasteiger partial charge >= 0.3 is 0 Å². The van der Waals surface area contributed by atoms with Crippen molar-refractivity contribution in [2.24, 2.45) is 7.05 Å². The van der Waals surface area contributed by atoms with Crippen LogP contribution in [0.25, 0.3) is 11.0 Å². The molecule has 0 saturated carbocycles. The van der Waals surface area contributed by atoms with E-state index in [1.807, 2.05) is 25.2 Å². The number of hydrogen-bond acceptors (Lipinski definition) is 2. The Hall–Kier alpha value is -1.06. The third kappa shape index (κ3) is 2.79. The van der Waals surface area contributed by atoms with E-state index in [1.54, 1.807) is 0 Å². The van der Waals surface area contributed by atoms with E-state index in [0.29, 0.717) is 6.04 Å². The van der Waals surface area contributed by atoms with Crippen LogP contribution in [0, 0.1) is 0 Å². The van der Waals surface area contributed by atoms with Crippen molar-refractivity contribution in [1.82, 2.24) is 14.9 Å². The minimum atomic E-state index is 0.513. The standard InChI is InChI=1S/C13H18ClN3/c1-9(2)15-7-6-13-16-11-8-10(14)4-5-12(11)17(13)3/h4-5,8-9,15H,6-7H2,1-3H3. The average molecular weight is 252 g/mol. The molecule has 2 aromatic rings. The number of nitrogens with zero attached hydrogens (tertiary/aromatic N) is 2. The predicted octanol–water partition coefficient (Wildman–Crippen LogP) is 2.77. The first-order valence-corrected chi connectivity index (χ1v) is 6.30. The topological polar surface area (TPSA) is 29.9 Å². The molecule has 1 heterocycles. The summed E-state index contributed by atoms with van der Waals surface area (Å²) in [5, 5.41) is 4.14. The van der Waals surface area contributed by atoms with Crippen molar-refractivity contribution in [3.8, 4) is 0 Å². The molecule has 0 bridgehead atoms. The van der Waals surface area contributed by atoms with Crippen LogP contribution in [0.5, 0.6) is 0 Å². The molecule has 0 aliphatic heterocycles. The van der Waals surface area contributed by atoms with Crippen LogP contribution in [0.3, 0.4) is 0 Å². The average Bonchev–Trinajstić information content (AvgIpc) is 2.55. The Balaban J connectivity index is 2.20. The molecule has 0 aliphatic rings. The molecule has 3 nitrogen and oxygen atoms in total. The molecule has 0 saturated heterocycles. The van der Waals surface area contributed by atoms with Crippen molar-refractivity contribution in [1.29, 1.82) is 0 Å². The predicted molar refractivity (Wildman–Crippen MR) is 72.6 cm³/mol. The van der Waals surface area contributed by atoms with Gasteiger partial charge in [-0.15, -0.1) is 0 Å². The molecule has 0 fully saturated rings. The van der Waals surface area contributed by atoms with Crippen LogP contribution in [0.2, 0.25) is 5.02 Å². The summed E-state index contributed by atoms with van der Waals surface area (Å²) in [6, 6.07) is 6.35. The van der Waals surface area contributed by atoms with Gasteiger partial charge in [0.05, 0.1) is 11.0 Å². The monoisotopic (exact) mass is 251 g/mol. The van der Waals surface area contributed by atoms with Gasteiger partial charge in [-0.05, 0) is 18.2 Å². The summed E-state index contributed by atoms with van der Waals surface area (Å²) in [4.78, 5) is 4.61. The van der Waals surface area contributed by atoms with Crippen LogP contribution in [-0.2, 0) is 13.5 Å². The second-order valence-corrected chi connectivity index (χ2v) is 5.02. The highest BCUT2D eigenvalue weighted by molar-refractivity contribution is 6.31. The van der Waals surface area contributed by atoms with Gasteiger partial charge < -0.3 is 9.88 Å². The second-order valence-electron chi connectivity index (χ2n) is 4.58. The van der Waals surface area contributed by atoms with Crippen molar-refractivity contribution in [2.45, 2.75) is 26.3 Å². The molecular formula is C13H18ClN3. The molecule has 0 unspecified atom stereocenters. The minimum Gasteiger partial charge on any atom is -0.331 e. The molecular weight excluding hydrogens is 234 g/mol. The number of aromatic nitrogens is 2. The van der Waals surface area contributed by atoms with Gasteiger partial charge in [0.25, 0.3) is 0 Å². The van der Waals surface area contributed by atoms with Crippen molar-refractivity contribution in [2.75, 3.05) is 6.54 Å². The van der Waals surface area contributed by atoms with Crippen LogP contribution >= 0.6 is 11.6 Å². The maximum atomic E-state index is 5.96. The first-order valence-electron chi connectivity index (χ1n) is 5.92. The molecule has 17 heavy (non-hydrogen) atoms. The van der Waals surface area contributed by atoms with E-state index in [2.05, 4.69) is 28.7 Å². The van der Waals surface area contributed by atoms with Crippen LogP contribution in [-0.4, -0.2) is 22.1 Å². The highest BCUT2D eigenvalue weighted by Crippen LogP contribution is 2.19. The number of hydrogen-bond donors (Lipinski definition) is 1. The smallest absolute Gasteiger partial charge is 0.110 e. The lowest BCUT2D eigenvalue weighted by Gasteiger charge is -2.07. The first kappa shape index (κ1) is 12.4. The summed E-state index contributed by atoms with van der Waals surface area (Å²) in [5.41, 5.74) is 2.11. The van der Waals surface area contributed by atoms with E-state index >= 15 is 0 Å².